The van der Waals surface area contributed by atoms with E-state index in [1.54, 1.807) is 6.07 Å². The number of hydrogen-bond donors (Lipinski definition) is 2. The Morgan fingerprint density at radius 2 is 1.79 bits per heavy atom. The van der Waals surface area contributed by atoms with Gasteiger partial charge in [0.1, 0.15) is 24.9 Å². The number of ether oxygens (including phenoxy) is 1. The van der Waals surface area contributed by atoms with Crippen LogP contribution in [0.3, 0.4) is 0 Å². The van der Waals surface area contributed by atoms with E-state index in [0.717, 1.165) is 6.20 Å². The van der Waals surface area contributed by atoms with E-state index in [1.807, 2.05) is 4.98 Å². The van der Waals surface area contributed by atoms with Crippen molar-refractivity contribution in [2.24, 2.45) is 0 Å². The smallest absolute Gasteiger partial charge is 0.459 e. The first-order valence-corrected chi connectivity index (χ1v) is 11.3. The van der Waals surface area contributed by atoms with E-state index in [-0.39, 0.29) is 16.9 Å². The fourth-order valence-electron chi connectivity index (χ4n) is 2.46. The molecule has 2 aromatic rings. The Morgan fingerprint density at radius 3 is 2.38 bits per heavy atom. The lowest BCUT2D eigenvalue weighted by Crippen LogP contribution is -2.51. The van der Waals surface area contributed by atoms with Crippen molar-refractivity contribution in [1.29, 1.82) is 0 Å². The van der Waals surface area contributed by atoms with Gasteiger partial charge in [0.2, 0.25) is 0 Å². The molecule has 0 spiro atoms. The monoisotopic (exact) mass is 511 g/mol. The average molecular weight is 511 g/mol. The summed E-state index contributed by atoms with van der Waals surface area (Å²) in [5, 5.41) is 2.07. The van der Waals surface area contributed by atoms with Gasteiger partial charge < -0.3 is 14.2 Å². The molecule has 0 amide bonds. The number of para-hydroxylation sites is 1. The van der Waals surface area contributed by atoms with Crippen LogP contribution in [0.25, 0.3) is 0 Å². The predicted molar refractivity (Wildman–Crippen MR) is 111 cm³/mol. The fourth-order valence-corrected chi connectivity index (χ4v) is 3.95. The first-order valence-electron chi connectivity index (χ1n) is 9.78. The minimum Gasteiger partial charge on any atom is -0.465 e. The molecule has 0 aliphatic carbocycles. The second-order valence-electron chi connectivity index (χ2n) is 6.89. The molecule has 0 aliphatic rings. The van der Waals surface area contributed by atoms with Gasteiger partial charge in [-0.25, -0.2) is 9.36 Å². The second kappa shape index (κ2) is 11.0. The van der Waals surface area contributed by atoms with Crippen molar-refractivity contribution in [3.05, 3.63) is 63.4 Å². The summed E-state index contributed by atoms with van der Waals surface area (Å²) in [4.78, 5) is 37.0. The van der Waals surface area contributed by atoms with E-state index >= 15 is 0 Å². The third-order valence-corrected chi connectivity index (χ3v) is 5.84. The Bertz CT molecular complexity index is 1110. The molecule has 2 atom stereocenters. The van der Waals surface area contributed by atoms with Gasteiger partial charge in [0.15, 0.2) is 0 Å². The molecule has 0 saturated carbocycles. The molecule has 10 nitrogen and oxygen atoms in total. The highest BCUT2D eigenvalue weighted by Crippen LogP contribution is 2.47. The number of nitrogens with zero attached hydrogens (tertiary/aromatic N) is 1. The highest BCUT2D eigenvalue weighted by atomic mass is 31.2. The Balaban J connectivity index is 2.25. The maximum absolute atomic E-state index is 14.4. The third-order valence-electron chi connectivity index (χ3n) is 4.21. The summed E-state index contributed by atoms with van der Waals surface area (Å²) in [5.41, 5.74) is -2.56. The molecule has 2 N–H and O–H groups in total. The second-order valence-corrected chi connectivity index (χ2v) is 8.59. The minimum absolute atomic E-state index is 0.0438. The average Bonchev–Trinajstić information content (AvgIpc) is 2.76. The number of esters is 1. The SMILES string of the molecule is CCOC(=O)[C@H](C)NP(=O)(OCC(F)(F)C(F)(F)Cn1c(=O)cc[nH]c1=O)Oc1ccccc1. The van der Waals surface area contributed by atoms with Gasteiger partial charge in [-0.3, -0.25) is 18.7 Å². The van der Waals surface area contributed by atoms with Gasteiger partial charge in [0.25, 0.3) is 5.56 Å². The summed E-state index contributed by atoms with van der Waals surface area (Å²) in [7, 11) is -4.84. The van der Waals surface area contributed by atoms with Crippen LogP contribution >= 0.6 is 7.75 Å². The Hall–Kier alpha value is -2.96. The van der Waals surface area contributed by atoms with Crippen LogP contribution in [0, 0.1) is 0 Å². The maximum atomic E-state index is 14.4. The largest absolute Gasteiger partial charge is 0.465 e. The van der Waals surface area contributed by atoms with Gasteiger partial charge in [0.05, 0.1) is 6.61 Å². The molecule has 0 bridgehead atoms. The number of benzene rings is 1. The predicted octanol–water partition coefficient (Wildman–Crippen LogP) is 2.55. The maximum Gasteiger partial charge on any atom is 0.459 e. The van der Waals surface area contributed by atoms with Crippen LogP contribution in [-0.4, -0.2) is 46.6 Å². The van der Waals surface area contributed by atoms with E-state index in [0.29, 0.717) is 6.07 Å². The number of aromatic nitrogens is 2. The topological polar surface area (TPSA) is 129 Å². The van der Waals surface area contributed by atoms with Crippen LogP contribution in [0.4, 0.5) is 17.6 Å². The van der Waals surface area contributed by atoms with Gasteiger partial charge in [-0.05, 0) is 26.0 Å². The van der Waals surface area contributed by atoms with E-state index in [1.165, 1.54) is 38.1 Å². The first kappa shape index (κ1) is 27.3. The minimum atomic E-state index is -5.01. The standard InChI is InChI=1S/C19H22F4N3O7P/c1-3-31-16(28)13(2)25-34(30,33-14-7-5-4-6-8-14)32-12-19(22,23)18(20,21)11-26-15(27)9-10-24-17(26)29/h4-10,13H,3,11-12H2,1-2H3,(H,24,29)(H,25,30)/t13-,34?/m0/s1. The van der Waals surface area contributed by atoms with E-state index in [2.05, 4.69) is 9.61 Å². The van der Waals surface area contributed by atoms with Crippen molar-refractivity contribution in [2.45, 2.75) is 38.3 Å². The molecule has 188 valence electrons. The zero-order valence-electron chi connectivity index (χ0n) is 18.0. The van der Waals surface area contributed by atoms with Crippen molar-refractivity contribution in [3.63, 3.8) is 0 Å². The van der Waals surface area contributed by atoms with Crippen molar-refractivity contribution in [3.8, 4) is 5.75 Å². The van der Waals surface area contributed by atoms with Crippen LogP contribution in [-0.2, 0) is 25.2 Å². The number of halogens is 4. The Morgan fingerprint density at radius 1 is 1.15 bits per heavy atom. The molecular weight excluding hydrogens is 489 g/mol. The van der Waals surface area contributed by atoms with Crippen LogP contribution in [0.2, 0.25) is 0 Å². The number of aromatic amines is 1. The molecule has 1 aromatic carbocycles. The molecule has 0 fully saturated rings. The normalized spacial score (nSPS) is 14.8. The molecular formula is C19H22F4N3O7P. The first-order chi connectivity index (χ1) is 15.8. The summed E-state index contributed by atoms with van der Waals surface area (Å²) in [6.45, 7) is -1.50. The number of nitrogens with one attached hydrogen (secondary N) is 2. The quantitative estimate of drug-likeness (QED) is 0.253. The summed E-state index contributed by atoms with van der Waals surface area (Å²) >= 11 is 0. The lowest BCUT2D eigenvalue weighted by Gasteiger charge is -2.29. The van der Waals surface area contributed by atoms with Gasteiger partial charge >= 0.3 is 31.3 Å². The number of hydrogen-bond acceptors (Lipinski definition) is 7. The van der Waals surface area contributed by atoms with Gasteiger partial charge in [-0.1, -0.05) is 18.2 Å². The van der Waals surface area contributed by atoms with Gasteiger partial charge in [-0.15, -0.1) is 0 Å². The lowest BCUT2D eigenvalue weighted by atomic mass is 10.2. The highest BCUT2D eigenvalue weighted by Gasteiger charge is 2.58. The van der Waals surface area contributed by atoms with E-state index < -0.39 is 56.0 Å². The van der Waals surface area contributed by atoms with Crippen LogP contribution in [0.5, 0.6) is 5.75 Å². The van der Waals surface area contributed by atoms with Gasteiger partial charge in [-0.2, -0.15) is 22.6 Å². The molecule has 0 aliphatic heterocycles. The van der Waals surface area contributed by atoms with Crippen molar-refractivity contribution in [1.82, 2.24) is 14.6 Å². The fraction of sp³-hybridized carbons (Fsp3) is 0.421. The number of rotatable bonds is 12. The molecule has 34 heavy (non-hydrogen) atoms. The van der Waals surface area contributed by atoms with Crippen LogP contribution in [0.15, 0.2) is 52.2 Å². The molecule has 1 aromatic heterocycles. The number of carbonyl (C=O) groups excluding carboxylic acids is 1. The zero-order valence-corrected chi connectivity index (χ0v) is 18.9. The summed E-state index contributed by atoms with van der Waals surface area (Å²) < 4.78 is 85.0. The summed E-state index contributed by atoms with van der Waals surface area (Å²) in [6, 6.07) is 6.36. The molecule has 15 heteroatoms. The van der Waals surface area contributed by atoms with Crippen molar-refractivity contribution in [2.75, 3.05) is 13.2 Å². The van der Waals surface area contributed by atoms with Crippen molar-refractivity contribution >= 4 is 13.7 Å². The van der Waals surface area contributed by atoms with Gasteiger partial charge in [0, 0.05) is 12.3 Å². The summed E-state index contributed by atoms with van der Waals surface area (Å²) in [5.74, 6) is -11.1. The Labute approximate surface area is 190 Å². The van der Waals surface area contributed by atoms with Crippen LogP contribution in [0.1, 0.15) is 13.8 Å². The Kier molecular flexibility index (Phi) is 8.81. The third kappa shape index (κ3) is 7.02. The molecule has 0 saturated heterocycles. The lowest BCUT2D eigenvalue weighted by molar-refractivity contribution is -0.228. The molecule has 0 radical (unpaired) electrons. The number of alkyl halides is 4. The zero-order chi connectivity index (χ0) is 25.6. The molecule has 2 rings (SSSR count). The number of H-pyrrole nitrogens is 1. The highest BCUT2D eigenvalue weighted by molar-refractivity contribution is 7.52. The summed E-state index contributed by atoms with van der Waals surface area (Å²) in [6.07, 6.45) is 0.869. The van der Waals surface area contributed by atoms with Crippen LogP contribution < -0.4 is 20.9 Å². The molecule has 1 heterocycles. The number of carbonyl (C=O) groups is 1. The van der Waals surface area contributed by atoms with E-state index in [4.69, 9.17) is 9.26 Å². The van der Waals surface area contributed by atoms with Crippen molar-refractivity contribution < 1.29 is 40.7 Å². The molecule has 1 unspecified atom stereocenters. The van der Waals surface area contributed by atoms with E-state index in [9.17, 15) is 36.5 Å².